The van der Waals surface area contributed by atoms with Crippen molar-refractivity contribution in [2.24, 2.45) is 0 Å². The zero-order chi connectivity index (χ0) is 19.4. The number of piperidine rings is 1. The van der Waals surface area contributed by atoms with Gasteiger partial charge in [0.05, 0.1) is 18.3 Å². The number of nitrogens with zero attached hydrogens (tertiary/aromatic N) is 1. The zero-order valence-corrected chi connectivity index (χ0v) is 15.1. The Morgan fingerprint density at radius 1 is 1.19 bits per heavy atom. The van der Waals surface area contributed by atoms with E-state index in [1.54, 1.807) is 4.90 Å². The van der Waals surface area contributed by atoms with E-state index in [1.807, 2.05) is 31.2 Å². The van der Waals surface area contributed by atoms with Crippen molar-refractivity contribution in [3.8, 4) is 0 Å². The smallest absolute Gasteiger partial charge is 0.372 e. The minimum Gasteiger partial charge on any atom is -0.372 e. The molecule has 2 aromatic rings. The standard InChI is InChI=1S/C21H22F3NO2/c1-15-7-9-16(10-8-15)14-27-19-6-3-11-25(13-19)20(26)17-4-2-5-18(12-17)21(22,23)24/h2,4-5,7-10,12,19H,3,6,11,13-14H2,1H3/t19-/m1/s1. The van der Waals surface area contributed by atoms with Gasteiger partial charge in [-0.1, -0.05) is 35.9 Å². The highest BCUT2D eigenvalue weighted by molar-refractivity contribution is 5.94. The molecular weight excluding hydrogens is 355 g/mol. The number of alkyl halides is 3. The molecule has 0 aromatic heterocycles. The van der Waals surface area contributed by atoms with Crippen molar-refractivity contribution in [2.75, 3.05) is 13.1 Å². The molecule has 0 spiro atoms. The molecule has 0 N–H and O–H groups in total. The van der Waals surface area contributed by atoms with Crippen LogP contribution in [0.4, 0.5) is 13.2 Å². The molecule has 1 saturated heterocycles. The normalized spacial score (nSPS) is 17.8. The van der Waals surface area contributed by atoms with Crippen LogP contribution in [0.5, 0.6) is 0 Å². The van der Waals surface area contributed by atoms with E-state index in [1.165, 1.54) is 17.7 Å². The van der Waals surface area contributed by atoms with E-state index in [0.29, 0.717) is 19.7 Å². The number of carbonyl (C=O) groups is 1. The molecule has 0 saturated carbocycles. The molecule has 1 fully saturated rings. The number of halogens is 3. The maximum atomic E-state index is 12.9. The van der Waals surface area contributed by atoms with Crippen LogP contribution in [0, 0.1) is 6.92 Å². The molecule has 3 nitrogen and oxygen atoms in total. The van der Waals surface area contributed by atoms with Gasteiger partial charge in [-0.15, -0.1) is 0 Å². The third kappa shape index (κ3) is 5.10. The van der Waals surface area contributed by atoms with Gasteiger partial charge in [0, 0.05) is 18.7 Å². The zero-order valence-electron chi connectivity index (χ0n) is 15.1. The Labute approximate surface area is 156 Å². The molecule has 0 unspecified atom stereocenters. The summed E-state index contributed by atoms with van der Waals surface area (Å²) in [5, 5.41) is 0. The molecule has 27 heavy (non-hydrogen) atoms. The summed E-state index contributed by atoms with van der Waals surface area (Å²) in [7, 11) is 0. The number of benzene rings is 2. The molecular formula is C21H22F3NO2. The minimum absolute atomic E-state index is 0.0593. The Bertz CT molecular complexity index is 787. The molecule has 0 aliphatic carbocycles. The maximum absolute atomic E-state index is 12.9. The lowest BCUT2D eigenvalue weighted by Crippen LogP contribution is -2.43. The average molecular weight is 377 g/mol. The van der Waals surface area contributed by atoms with Gasteiger partial charge in [-0.05, 0) is 43.5 Å². The van der Waals surface area contributed by atoms with Crippen LogP contribution < -0.4 is 0 Å². The molecule has 0 bridgehead atoms. The van der Waals surface area contributed by atoms with Crippen LogP contribution in [-0.2, 0) is 17.5 Å². The van der Waals surface area contributed by atoms with Gasteiger partial charge in [-0.25, -0.2) is 0 Å². The first-order chi connectivity index (χ1) is 12.8. The van der Waals surface area contributed by atoms with E-state index in [4.69, 9.17) is 4.74 Å². The molecule has 2 aromatic carbocycles. The monoisotopic (exact) mass is 377 g/mol. The fourth-order valence-electron chi connectivity index (χ4n) is 3.17. The van der Waals surface area contributed by atoms with Crippen molar-refractivity contribution in [1.82, 2.24) is 4.90 Å². The Kier molecular flexibility index (Phi) is 5.85. The van der Waals surface area contributed by atoms with Crippen LogP contribution >= 0.6 is 0 Å². The third-order valence-corrected chi connectivity index (χ3v) is 4.71. The predicted octanol–water partition coefficient (Wildman–Crippen LogP) is 4.84. The van der Waals surface area contributed by atoms with Gasteiger partial charge < -0.3 is 9.64 Å². The summed E-state index contributed by atoms with van der Waals surface area (Å²) in [6, 6.07) is 12.6. The summed E-state index contributed by atoms with van der Waals surface area (Å²) in [6.07, 6.45) is -2.98. The summed E-state index contributed by atoms with van der Waals surface area (Å²) in [6.45, 7) is 3.39. The molecule has 144 valence electrons. The minimum atomic E-state index is -4.46. The van der Waals surface area contributed by atoms with Crippen LogP contribution in [0.15, 0.2) is 48.5 Å². The fraction of sp³-hybridized carbons (Fsp3) is 0.381. The lowest BCUT2D eigenvalue weighted by Gasteiger charge is -2.33. The molecule has 6 heteroatoms. The molecule has 1 amide bonds. The predicted molar refractivity (Wildman–Crippen MR) is 96.3 cm³/mol. The second-order valence-corrected chi connectivity index (χ2v) is 6.89. The third-order valence-electron chi connectivity index (χ3n) is 4.71. The van der Waals surface area contributed by atoms with Crippen LogP contribution in [-0.4, -0.2) is 30.0 Å². The summed E-state index contributed by atoms with van der Waals surface area (Å²) >= 11 is 0. The summed E-state index contributed by atoms with van der Waals surface area (Å²) in [5.74, 6) is -0.385. The maximum Gasteiger partial charge on any atom is 0.416 e. The Morgan fingerprint density at radius 2 is 1.93 bits per heavy atom. The number of hydrogen-bond acceptors (Lipinski definition) is 2. The van der Waals surface area contributed by atoms with E-state index in [-0.39, 0.29) is 17.6 Å². The lowest BCUT2D eigenvalue weighted by atomic mass is 10.0. The van der Waals surface area contributed by atoms with E-state index in [9.17, 15) is 18.0 Å². The topological polar surface area (TPSA) is 29.5 Å². The Morgan fingerprint density at radius 3 is 2.63 bits per heavy atom. The number of hydrogen-bond donors (Lipinski definition) is 0. The molecule has 1 aliphatic heterocycles. The first kappa shape index (κ1) is 19.4. The first-order valence-electron chi connectivity index (χ1n) is 8.96. The van der Waals surface area contributed by atoms with Crippen molar-refractivity contribution in [2.45, 2.75) is 38.7 Å². The van der Waals surface area contributed by atoms with Crippen LogP contribution in [0.25, 0.3) is 0 Å². The van der Waals surface area contributed by atoms with E-state index in [0.717, 1.165) is 30.5 Å². The van der Waals surface area contributed by atoms with Gasteiger partial charge >= 0.3 is 6.18 Å². The van der Waals surface area contributed by atoms with E-state index < -0.39 is 11.7 Å². The molecule has 1 heterocycles. The van der Waals surface area contributed by atoms with Crippen LogP contribution in [0.1, 0.15) is 39.9 Å². The summed E-state index contributed by atoms with van der Waals surface area (Å²) in [5.41, 5.74) is 1.48. The van der Waals surface area contributed by atoms with Gasteiger partial charge in [0.2, 0.25) is 0 Å². The Balaban J connectivity index is 1.62. The second-order valence-electron chi connectivity index (χ2n) is 6.89. The number of carbonyl (C=O) groups excluding carboxylic acids is 1. The van der Waals surface area contributed by atoms with Crippen molar-refractivity contribution < 1.29 is 22.7 Å². The molecule has 3 rings (SSSR count). The quantitative estimate of drug-likeness (QED) is 0.763. The number of rotatable bonds is 4. The van der Waals surface area contributed by atoms with Gasteiger partial charge in [-0.2, -0.15) is 13.2 Å². The molecule has 0 radical (unpaired) electrons. The highest BCUT2D eigenvalue weighted by Gasteiger charge is 2.32. The highest BCUT2D eigenvalue weighted by atomic mass is 19.4. The lowest BCUT2D eigenvalue weighted by molar-refractivity contribution is -0.137. The average Bonchev–Trinajstić information content (AvgIpc) is 2.67. The van der Waals surface area contributed by atoms with Gasteiger partial charge in [-0.3, -0.25) is 4.79 Å². The SMILES string of the molecule is Cc1ccc(CO[C@@H]2CCCN(C(=O)c3cccc(C(F)(F)F)c3)C2)cc1. The highest BCUT2D eigenvalue weighted by Crippen LogP contribution is 2.30. The number of amides is 1. The van der Waals surface area contributed by atoms with Crippen molar-refractivity contribution >= 4 is 5.91 Å². The van der Waals surface area contributed by atoms with Gasteiger partial charge in [0.25, 0.3) is 5.91 Å². The summed E-state index contributed by atoms with van der Waals surface area (Å²) < 4.78 is 44.6. The second kappa shape index (κ2) is 8.13. The van der Waals surface area contributed by atoms with Crippen molar-refractivity contribution in [3.63, 3.8) is 0 Å². The van der Waals surface area contributed by atoms with Gasteiger partial charge in [0.15, 0.2) is 0 Å². The number of aryl methyl sites for hydroxylation is 1. The first-order valence-corrected chi connectivity index (χ1v) is 8.96. The Hall–Kier alpha value is -2.34. The van der Waals surface area contributed by atoms with Gasteiger partial charge in [0.1, 0.15) is 0 Å². The molecule has 1 aliphatic rings. The van der Waals surface area contributed by atoms with Crippen LogP contribution in [0.2, 0.25) is 0 Å². The summed E-state index contributed by atoms with van der Waals surface area (Å²) in [4.78, 5) is 14.2. The fourth-order valence-corrected chi connectivity index (χ4v) is 3.17. The van der Waals surface area contributed by atoms with Crippen molar-refractivity contribution in [3.05, 3.63) is 70.8 Å². The van der Waals surface area contributed by atoms with E-state index >= 15 is 0 Å². The molecule has 1 atom stereocenters. The number of likely N-dealkylation sites (tertiary alicyclic amines) is 1. The van der Waals surface area contributed by atoms with Crippen molar-refractivity contribution in [1.29, 1.82) is 0 Å². The van der Waals surface area contributed by atoms with E-state index in [2.05, 4.69) is 0 Å². The largest absolute Gasteiger partial charge is 0.416 e. The number of ether oxygens (including phenoxy) is 1. The van der Waals surface area contributed by atoms with Crippen LogP contribution in [0.3, 0.4) is 0 Å².